The number of nitrogens with zero attached hydrogens (tertiary/aromatic N) is 1. The summed E-state index contributed by atoms with van der Waals surface area (Å²) in [5, 5.41) is 0. The Bertz CT molecular complexity index is 623. The molecule has 0 aromatic heterocycles. The van der Waals surface area contributed by atoms with Crippen LogP contribution in [0, 0.1) is 13.8 Å². The molecule has 0 aliphatic rings. The first-order valence-corrected chi connectivity index (χ1v) is 8.97. The molecule has 2 aromatic carbocycles. The van der Waals surface area contributed by atoms with Crippen molar-refractivity contribution in [2.75, 3.05) is 6.54 Å². The SMILES string of the molecule is CCCCCCN=Cc1ccc(OCc2cc(C)cc(C)c2)cc1. The molecular formula is C22H29NO. The second kappa shape index (κ2) is 9.92. The van der Waals surface area contributed by atoms with Gasteiger partial charge in [-0.25, -0.2) is 0 Å². The standard InChI is InChI=1S/C22H29NO/c1-4-5-6-7-12-23-16-20-8-10-22(11-9-20)24-17-21-14-18(2)13-19(3)15-21/h8-11,13-16H,4-7,12,17H2,1-3H3. The molecule has 0 heterocycles. The number of hydrogen-bond donors (Lipinski definition) is 0. The molecule has 2 heteroatoms. The van der Waals surface area contributed by atoms with Gasteiger partial charge in [-0.2, -0.15) is 0 Å². The molecule has 2 rings (SSSR count). The first-order chi connectivity index (χ1) is 11.7. The van der Waals surface area contributed by atoms with Gasteiger partial charge in [-0.3, -0.25) is 4.99 Å². The summed E-state index contributed by atoms with van der Waals surface area (Å²) in [6, 6.07) is 14.7. The average molecular weight is 323 g/mol. The molecular weight excluding hydrogens is 294 g/mol. The Morgan fingerprint density at radius 1 is 0.917 bits per heavy atom. The molecule has 0 bridgehead atoms. The minimum Gasteiger partial charge on any atom is -0.489 e. The van der Waals surface area contributed by atoms with Crippen LogP contribution in [0.2, 0.25) is 0 Å². The highest BCUT2D eigenvalue weighted by atomic mass is 16.5. The molecule has 0 amide bonds. The van der Waals surface area contributed by atoms with Crippen molar-refractivity contribution in [3.8, 4) is 5.75 Å². The lowest BCUT2D eigenvalue weighted by Gasteiger charge is -2.08. The van der Waals surface area contributed by atoms with Gasteiger partial charge in [0.05, 0.1) is 0 Å². The number of aliphatic imine (C=N–C) groups is 1. The first kappa shape index (κ1) is 18.3. The van der Waals surface area contributed by atoms with E-state index in [4.69, 9.17) is 4.74 Å². The van der Waals surface area contributed by atoms with Crippen molar-refractivity contribution in [2.45, 2.75) is 53.1 Å². The molecule has 0 aliphatic heterocycles. The lowest BCUT2D eigenvalue weighted by atomic mass is 10.1. The van der Waals surface area contributed by atoms with E-state index < -0.39 is 0 Å². The number of benzene rings is 2. The Labute approximate surface area is 146 Å². The third kappa shape index (κ3) is 6.57. The molecule has 24 heavy (non-hydrogen) atoms. The van der Waals surface area contributed by atoms with E-state index in [2.05, 4.69) is 56.1 Å². The van der Waals surface area contributed by atoms with E-state index in [1.807, 2.05) is 18.3 Å². The van der Waals surface area contributed by atoms with Gasteiger partial charge < -0.3 is 4.74 Å². The largest absolute Gasteiger partial charge is 0.489 e. The van der Waals surface area contributed by atoms with E-state index in [1.165, 1.54) is 42.4 Å². The maximum absolute atomic E-state index is 5.88. The van der Waals surface area contributed by atoms with Crippen molar-refractivity contribution >= 4 is 6.21 Å². The summed E-state index contributed by atoms with van der Waals surface area (Å²) in [5.41, 5.74) is 4.90. The van der Waals surface area contributed by atoms with Crippen molar-refractivity contribution in [1.29, 1.82) is 0 Å². The van der Waals surface area contributed by atoms with Crippen LogP contribution >= 0.6 is 0 Å². The monoisotopic (exact) mass is 323 g/mol. The molecule has 0 fully saturated rings. The summed E-state index contributed by atoms with van der Waals surface area (Å²) in [7, 11) is 0. The summed E-state index contributed by atoms with van der Waals surface area (Å²) in [4.78, 5) is 4.49. The highest BCUT2D eigenvalue weighted by Crippen LogP contribution is 2.15. The van der Waals surface area contributed by atoms with Gasteiger partial charge in [0.1, 0.15) is 12.4 Å². The van der Waals surface area contributed by atoms with Gasteiger partial charge in [0, 0.05) is 12.8 Å². The highest BCUT2D eigenvalue weighted by Gasteiger charge is 1.99. The molecule has 0 aliphatic carbocycles. The van der Waals surface area contributed by atoms with Crippen LogP contribution in [0.5, 0.6) is 5.75 Å². The Morgan fingerprint density at radius 3 is 2.29 bits per heavy atom. The van der Waals surface area contributed by atoms with E-state index in [1.54, 1.807) is 0 Å². The zero-order valence-corrected chi connectivity index (χ0v) is 15.2. The van der Waals surface area contributed by atoms with Crippen LogP contribution in [-0.2, 0) is 6.61 Å². The maximum Gasteiger partial charge on any atom is 0.119 e. The molecule has 0 saturated carbocycles. The zero-order valence-electron chi connectivity index (χ0n) is 15.2. The van der Waals surface area contributed by atoms with Gasteiger partial charge in [0.2, 0.25) is 0 Å². The Kier molecular flexibility index (Phi) is 7.54. The fourth-order valence-electron chi connectivity index (χ4n) is 2.77. The smallest absolute Gasteiger partial charge is 0.119 e. The van der Waals surface area contributed by atoms with Crippen molar-refractivity contribution in [1.82, 2.24) is 0 Å². The lowest BCUT2D eigenvalue weighted by molar-refractivity contribution is 0.306. The molecule has 0 spiro atoms. The predicted octanol–water partition coefficient (Wildman–Crippen LogP) is 5.88. The van der Waals surface area contributed by atoms with E-state index in [-0.39, 0.29) is 0 Å². The molecule has 0 atom stereocenters. The molecule has 0 unspecified atom stereocenters. The summed E-state index contributed by atoms with van der Waals surface area (Å²) >= 11 is 0. The van der Waals surface area contributed by atoms with Crippen LogP contribution in [0.4, 0.5) is 0 Å². The predicted molar refractivity (Wildman–Crippen MR) is 103 cm³/mol. The summed E-state index contributed by atoms with van der Waals surface area (Å²) in [5.74, 6) is 0.897. The Hall–Kier alpha value is -2.09. The van der Waals surface area contributed by atoms with Crippen molar-refractivity contribution in [3.05, 3.63) is 64.7 Å². The van der Waals surface area contributed by atoms with E-state index >= 15 is 0 Å². The fourth-order valence-corrected chi connectivity index (χ4v) is 2.77. The second-order valence-electron chi connectivity index (χ2n) is 6.45. The van der Waals surface area contributed by atoms with Gasteiger partial charge >= 0.3 is 0 Å². The Balaban J connectivity index is 1.80. The number of hydrogen-bond acceptors (Lipinski definition) is 2. The fraction of sp³-hybridized carbons (Fsp3) is 0.409. The third-order valence-corrected chi connectivity index (χ3v) is 3.95. The van der Waals surface area contributed by atoms with Crippen LogP contribution in [0.25, 0.3) is 0 Å². The molecule has 0 radical (unpaired) electrons. The minimum atomic E-state index is 0.605. The van der Waals surface area contributed by atoms with E-state index in [0.29, 0.717) is 6.61 Å². The van der Waals surface area contributed by atoms with Crippen LogP contribution in [0.3, 0.4) is 0 Å². The van der Waals surface area contributed by atoms with Gasteiger partial charge in [0.15, 0.2) is 0 Å². The van der Waals surface area contributed by atoms with Crippen LogP contribution in [0.15, 0.2) is 47.5 Å². The number of ether oxygens (including phenoxy) is 1. The summed E-state index contributed by atoms with van der Waals surface area (Å²) in [6.07, 6.45) is 7.00. The van der Waals surface area contributed by atoms with Gasteiger partial charge in [-0.15, -0.1) is 0 Å². The zero-order chi connectivity index (χ0) is 17.2. The lowest BCUT2D eigenvalue weighted by Crippen LogP contribution is -1.97. The molecule has 2 aromatic rings. The molecule has 128 valence electrons. The minimum absolute atomic E-state index is 0.605. The van der Waals surface area contributed by atoms with Crippen molar-refractivity contribution in [3.63, 3.8) is 0 Å². The average Bonchev–Trinajstić information content (AvgIpc) is 2.56. The first-order valence-electron chi connectivity index (χ1n) is 8.97. The van der Waals surface area contributed by atoms with Crippen LogP contribution in [0.1, 0.15) is 54.9 Å². The van der Waals surface area contributed by atoms with E-state index in [0.717, 1.165) is 17.9 Å². The van der Waals surface area contributed by atoms with Gasteiger partial charge in [-0.1, -0.05) is 55.5 Å². The second-order valence-corrected chi connectivity index (χ2v) is 6.45. The number of unbranched alkanes of at least 4 members (excludes halogenated alkanes) is 3. The molecule has 0 N–H and O–H groups in total. The third-order valence-electron chi connectivity index (χ3n) is 3.95. The number of aryl methyl sites for hydroxylation is 2. The van der Waals surface area contributed by atoms with Crippen molar-refractivity contribution in [2.24, 2.45) is 4.99 Å². The van der Waals surface area contributed by atoms with Gasteiger partial charge in [-0.05, 0) is 55.7 Å². The van der Waals surface area contributed by atoms with E-state index in [9.17, 15) is 0 Å². The summed E-state index contributed by atoms with van der Waals surface area (Å²) in [6.45, 7) is 7.99. The highest BCUT2D eigenvalue weighted by molar-refractivity contribution is 5.79. The maximum atomic E-state index is 5.88. The van der Waals surface area contributed by atoms with Crippen molar-refractivity contribution < 1.29 is 4.74 Å². The molecule has 0 saturated heterocycles. The quantitative estimate of drug-likeness (QED) is 0.417. The normalized spacial score (nSPS) is 11.1. The summed E-state index contributed by atoms with van der Waals surface area (Å²) < 4.78 is 5.88. The topological polar surface area (TPSA) is 21.6 Å². The van der Waals surface area contributed by atoms with Gasteiger partial charge in [0.25, 0.3) is 0 Å². The molecule has 2 nitrogen and oxygen atoms in total. The number of rotatable bonds is 9. The van der Waals surface area contributed by atoms with Crippen LogP contribution < -0.4 is 4.74 Å². The Morgan fingerprint density at radius 2 is 1.62 bits per heavy atom. The van der Waals surface area contributed by atoms with Crippen LogP contribution in [-0.4, -0.2) is 12.8 Å².